The smallest absolute Gasteiger partial charge is 0.0366 e. The van der Waals surface area contributed by atoms with Gasteiger partial charge in [-0.3, -0.25) is 0 Å². The van der Waals surface area contributed by atoms with Gasteiger partial charge in [0.25, 0.3) is 0 Å². The first-order valence-electron chi connectivity index (χ1n) is 8.28. The maximum absolute atomic E-state index is 3.47. The number of hydrogen-bond acceptors (Lipinski definition) is 2. The van der Waals surface area contributed by atoms with E-state index in [9.17, 15) is 0 Å². The highest BCUT2D eigenvalue weighted by atomic mass is 15.1. The molecule has 1 aromatic carbocycles. The van der Waals surface area contributed by atoms with Crippen LogP contribution >= 0.6 is 0 Å². The summed E-state index contributed by atoms with van der Waals surface area (Å²) >= 11 is 0. The minimum atomic E-state index is 0.442. The number of nitrogens with one attached hydrogen (secondary N) is 1. The van der Waals surface area contributed by atoms with E-state index in [1.165, 1.54) is 49.8 Å². The second-order valence-electron chi connectivity index (χ2n) is 6.13. The third kappa shape index (κ3) is 3.99. The fraction of sp³-hybridized carbons (Fsp3) is 0.667. The van der Waals surface area contributed by atoms with Crippen LogP contribution in [-0.4, -0.2) is 19.6 Å². The quantitative estimate of drug-likeness (QED) is 0.794. The molecule has 20 heavy (non-hydrogen) atoms. The highest BCUT2D eigenvalue weighted by Crippen LogP contribution is 2.26. The summed E-state index contributed by atoms with van der Waals surface area (Å²) in [6.45, 7) is 5.41. The van der Waals surface area contributed by atoms with Gasteiger partial charge in [0, 0.05) is 24.8 Å². The summed E-state index contributed by atoms with van der Waals surface area (Å²) in [5.41, 5.74) is 2.74. The Kier molecular flexibility index (Phi) is 5.90. The van der Waals surface area contributed by atoms with Crippen LogP contribution in [0.4, 0.5) is 5.69 Å². The van der Waals surface area contributed by atoms with E-state index in [2.05, 4.69) is 55.4 Å². The topological polar surface area (TPSA) is 15.3 Å². The molecule has 1 N–H and O–H groups in total. The van der Waals surface area contributed by atoms with E-state index in [0.29, 0.717) is 6.04 Å². The van der Waals surface area contributed by atoms with Crippen molar-refractivity contribution < 1.29 is 0 Å². The number of hydrogen-bond donors (Lipinski definition) is 1. The molecule has 1 aliphatic carbocycles. The lowest BCUT2D eigenvalue weighted by Gasteiger charge is -2.29. The Morgan fingerprint density at radius 2 is 1.70 bits per heavy atom. The molecule has 0 aromatic heterocycles. The molecule has 0 spiro atoms. The van der Waals surface area contributed by atoms with Gasteiger partial charge in [-0.05, 0) is 44.0 Å². The van der Waals surface area contributed by atoms with Gasteiger partial charge in [0.15, 0.2) is 0 Å². The largest absolute Gasteiger partial charge is 0.372 e. The molecule has 1 unspecified atom stereocenters. The van der Waals surface area contributed by atoms with Crippen LogP contribution in [0.3, 0.4) is 0 Å². The van der Waals surface area contributed by atoms with Crippen LogP contribution in [0, 0.1) is 0 Å². The average Bonchev–Trinajstić information content (AvgIpc) is 2.76. The van der Waals surface area contributed by atoms with Crippen LogP contribution in [0.5, 0.6) is 0 Å². The molecule has 1 fully saturated rings. The second kappa shape index (κ2) is 7.68. The van der Waals surface area contributed by atoms with Crippen LogP contribution in [0.1, 0.15) is 64.0 Å². The first-order valence-corrected chi connectivity index (χ1v) is 8.28. The summed E-state index contributed by atoms with van der Waals surface area (Å²) in [5, 5.41) is 3.47. The molecular weight excluding hydrogens is 244 g/mol. The predicted molar refractivity (Wildman–Crippen MR) is 88.4 cm³/mol. The molecule has 0 bridgehead atoms. The summed E-state index contributed by atoms with van der Waals surface area (Å²) in [6, 6.07) is 10.3. The highest BCUT2D eigenvalue weighted by Gasteiger charge is 2.17. The van der Waals surface area contributed by atoms with Crippen LogP contribution in [0.2, 0.25) is 0 Å². The van der Waals surface area contributed by atoms with E-state index in [4.69, 9.17) is 0 Å². The van der Waals surface area contributed by atoms with E-state index in [1.54, 1.807) is 0 Å². The van der Waals surface area contributed by atoms with Crippen molar-refractivity contribution in [3.63, 3.8) is 0 Å². The van der Waals surface area contributed by atoms with Crippen molar-refractivity contribution in [2.75, 3.05) is 18.5 Å². The molecule has 0 amide bonds. The summed E-state index contributed by atoms with van der Waals surface area (Å²) < 4.78 is 0. The minimum Gasteiger partial charge on any atom is -0.372 e. The number of nitrogens with zero attached hydrogens (tertiary/aromatic N) is 1. The molecular formula is C18H30N2. The van der Waals surface area contributed by atoms with Crippen molar-refractivity contribution in [3.8, 4) is 0 Å². The van der Waals surface area contributed by atoms with Crippen LogP contribution in [-0.2, 0) is 0 Å². The molecule has 1 aliphatic rings. The molecule has 0 heterocycles. The van der Waals surface area contributed by atoms with E-state index in [0.717, 1.165) is 12.6 Å². The van der Waals surface area contributed by atoms with Gasteiger partial charge in [-0.25, -0.2) is 0 Å². The van der Waals surface area contributed by atoms with Gasteiger partial charge in [0.1, 0.15) is 0 Å². The van der Waals surface area contributed by atoms with Gasteiger partial charge in [0.2, 0.25) is 0 Å². The molecule has 1 saturated carbocycles. The zero-order valence-electron chi connectivity index (χ0n) is 13.4. The number of anilines is 1. The Balaban J connectivity index is 2.00. The fourth-order valence-corrected chi connectivity index (χ4v) is 3.28. The molecule has 2 heteroatoms. The highest BCUT2D eigenvalue weighted by molar-refractivity contribution is 5.48. The monoisotopic (exact) mass is 274 g/mol. The average molecular weight is 274 g/mol. The maximum Gasteiger partial charge on any atom is 0.0366 e. The number of benzene rings is 1. The first-order chi connectivity index (χ1) is 9.72. The van der Waals surface area contributed by atoms with Crippen molar-refractivity contribution >= 4 is 5.69 Å². The van der Waals surface area contributed by atoms with Crippen LogP contribution in [0.25, 0.3) is 0 Å². The molecule has 112 valence electrons. The zero-order chi connectivity index (χ0) is 14.4. The summed E-state index contributed by atoms with van der Waals surface area (Å²) in [6.07, 6.45) is 8.33. The molecule has 0 saturated heterocycles. The summed E-state index contributed by atoms with van der Waals surface area (Å²) in [4.78, 5) is 2.49. The number of rotatable bonds is 5. The van der Waals surface area contributed by atoms with Crippen molar-refractivity contribution in [1.29, 1.82) is 0 Å². The van der Waals surface area contributed by atoms with Gasteiger partial charge in [-0.15, -0.1) is 0 Å². The minimum absolute atomic E-state index is 0.442. The lowest BCUT2D eigenvalue weighted by atomic mass is 10.0. The Labute approximate surface area is 124 Å². The van der Waals surface area contributed by atoms with Gasteiger partial charge >= 0.3 is 0 Å². The Morgan fingerprint density at radius 3 is 2.25 bits per heavy atom. The van der Waals surface area contributed by atoms with Crippen molar-refractivity contribution in [2.24, 2.45) is 0 Å². The Morgan fingerprint density at radius 1 is 1.10 bits per heavy atom. The van der Waals surface area contributed by atoms with Crippen molar-refractivity contribution in [2.45, 2.75) is 64.5 Å². The standard InChI is InChI=1S/C18H30N2/c1-4-19-15(2)16-11-13-18(14-12-16)20(3)17-9-7-5-6-8-10-17/h11-15,17,19H,4-10H2,1-3H3. The maximum atomic E-state index is 3.47. The fourth-order valence-electron chi connectivity index (χ4n) is 3.28. The van der Waals surface area contributed by atoms with E-state index in [1.807, 2.05) is 0 Å². The van der Waals surface area contributed by atoms with E-state index < -0.39 is 0 Å². The molecule has 2 nitrogen and oxygen atoms in total. The van der Waals surface area contributed by atoms with Gasteiger partial charge in [-0.2, -0.15) is 0 Å². The Bertz CT molecular complexity index is 377. The van der Waals surface area contributed by atoms with Crippen molar-refractivity contribution in [3.05, 3.63) is 29.8 Å². The van der Waals surface area contributed by atoms with Gasteiger partial charge in [-0.1, -0.05) is 44.7 Å². The molecule has 2 rings (SSSR count). The first kappa shape index (κ1) is 15.4. The summed E-state index contributed by atoms with van der Waals surface area (Å²) in [5.74, 6) is 0. The lowest BCUT2D eigenvalue weighted by Crippen LogP contribution is -2.31. The SMILES string of the molecule is CCNC(C)c1ccc(N(C)C2CCCCCC2)cc1. The molecule has 0 radical (unpaired) electrons. The second-order valence-corrected chi connectivity index (χ2v) is 6.13. The molecule has 0 aliphatic heterocycles. The van der Waals surface area contributed by atoms with Gasteiger partial charge in [0.05, 0.1) is 0 Å². The third-order valence-electron chi connectivity index (χ3n) is 4.68. The molecule has 1 aromatic rings. The Hall–Kier alpha value is -1.02. The van der Waals surface area contributed by atoms with Crippen molar-refractivity contribution in [1.82, 2.24) is 5.32 Å². The molecule has 1 atom stereocenters. The predicted octanol–water partition coefficient (Wildman–Crippen LogP) is 4.52. The van der Waals surface area contributed by atoms with Gasteiger partial charge < -0.3 is 10.2 Å². The van der Waals surface area contributed by atoms with Crippen LogP contribution in [0.15, 0.2) is 24.3 Å². The summed E-state index contributed by atoms with van der Waals surface area (Å²) in [7, 11) is 2.26. The lowest BCUT2D eigenvalue weighted by molar-refractivity contribution is 0.552. The van der Waals surface area contributed by atoms with Crippen LogP contribution < -0.4 is 10.2 Å². The third-order valence-corrected chi connectivity index (χ3v) is 4.68. The van der Waals surface area contributed by atoms with E-state index in [-0.39, 0.29) is 0 Å². The van der Waals surface area contributed by atoms with E-state index >= 15 is 0 Å². The zero-order valence-corrected chi connectivity index (χ0v) is 13.4. The normalized spacial score (nSPS) is 18.6.